The van der Waals surface area contributed by atoms with Gasteiger partial charge in [0.1, 0.15) is 0 Å². The highest BCUT2D eigenvalue weighted by atomic mass is 16.5. The van der Waals surface area contributed by atoms with Gasteiger partial charge >= 0.3 is 0 Å². The molecule has 2 saturated heterocycles. The highest BCUT2D eigenvalue weighted by molar-refractivity contribution is 4.79. The Morgan fingerprint density at radius 1 is 1.11 bits per heavy atom. The Morgan fingerprint density at radius 2 is 1.78 bits per heavy atom. The van der Waals surface area contributed by atoms with Crippen LogP contribution in [0.3, 0.4) is 0 Å². The van der Waals surface area contributed by atoms with Crippen molar-refractivity contribution in [1.82, 2.24) is 5.32 Å². The van der Waals surface area contributed by atoms with Crippen molar-refractivity contribution in [2.45, 2.75) is 31.5 Å². The molecule has 2 unspecified atom stereocenters. The number of hydrogen-bond acceptors (Lipinski definition) is 2. The summed E-state index contributed by atoms with van der Waals surface area (Å²) in [6, 6.07) is 0. The van der Waals surface area contributed by atoms with Gasteiger partial charge in [-0.3, -0.25) is 0 Å². The Labute approximate surface area is 55.6 Å². The fourth-order valence-corrected chi connectivity index (χ4v) is 1.69. The maximum absolute atomic E-state index is 5.66. The zero-order chi connectivity index (χ0) is 6.10. The minimum Gasteiger partial charge on any atom is -0.372 e. The number of hydrogen-bond donors (Lipinski definition) is 1. The van der Waals surface area contributed by atoms with Gasteiger partial charge in [0.2, 0.25) is 0 Å². The predicted octanol–water partition coefficient (Wildman–Crippen LogP) is 0.527. The first-order valence-electron chi connectivity index (χ1n) is 3.81. The Bertz CT molecular complexity index is 85.1. The molecular formula is C7H13NO. The van der Waals surface area contributed by atoms with Crippen LogP contribution in [0.2, 0.25) is 0 Å². The standard InChI is InChI=1S/C7H13NO/c1-2-6-4-8-5-7(3-1)9-6/h6-8H,1-5H2. The molecule has 0 aromatic carbocycles. The summed E-state index contributed by atoms with van der Waals surface area (Å²) in [5, 5.41) is 3.36. The molecule has 2 atom stereocenters. The molecule has 2 heterocycles. The Kier molecular flexibility index (Phi) is 1.44. The number of morpholine rings is 1. The molecule has 2 nitrogen and oxygen atoms in total. The zero-order valence-electron chi connectivity index (χ0n) is 5.60. The molecule has 0 spiro atoms. The molecular weight excluding hydrogens is 114 g/mol. The zero-order valence-corrected chi connectivity index (χ0v) is 5.60. The molecule has 0 aromatic heterocycles. The monoisotopic (exact) mass is 127 g/mol. The summed E-state index contributed by atoms with van der Waals surface area (Å²) in [5.74, 6) is 0. The topological polar surface area (TPSA) is 21.3 Å². The SMILES string of the molecule is C1CC2CNCC(C1)O2. The third-order valence-corrected chi connectivity index (χ3v) is 2.18. The second kappa shape index (κ2) is 2.27. The van der Waals surface area contributed by atoms with Crippen LogP contribution < -0.4 is 5.32 Å². The van der Waals surface area contributed by atoms with Gasteiger partial charge in [-0.2, -0.15) is 0 Å². The first kappa shape index (κ1) is 5.69. The molecule has 2 aliphatic heterocycles. The van der Waals surface area contributed by atoms with Crippen LogP contribution in [-0.2, 0) is 4.74 Å². The lowest BCUT2D eigenvalue weighted by atomic mass is 10.0. The van der Waals surface area contributed by atoms with Crippen LogP contribution in [0.15, 0.2) is 0 Å². The molecule has 2 fully saturated rings. The van der Waals surface area contributed by atoms with E-state index in [-0.39, 0.29) is 0 Å². The van der Waals surface area contributed by atoms with E-state index in [9.17, 15) is 0 Å². The van der Waals surface area contributed by atoms with Gasteiger partial charge in [-0.1, -0.05) is 0 Å². The van der Waals surface area contributed by atoms with Crippen molar-refractivity contribution >= 4 is 0 Å². The van der Waals surface area contributed by atoms with E-state index in [4.69, 9.17) is 4.74 Å². The highest BCUT2D eigenvalue weighted by Gasteiger charge is 2.25. The fourth-order valence-electron chi connectivity index (χ4n) is 1.69. The summed E-state index contributed by atoms with van der Waals surface area (Å²) in [7, 11) is 0. The fraction of sp³-hybridized carbons (Fsp3) is 1.00. The molecule has 52 valence electrons. The van der Waals surface area contributed by atoms with E-state index in [1.165, 1.54) is 19.3 Å². The average molecular weight is 127 g/mol. The lowest BCUT2D eigenvalue weighted by Gasteiger charge is -2.35. The van der Waals surface area contributed by atoms with Gasteiger partial charge in [-0.15, -0.1) is 0 Å². The molecule has 0 aromatic rings. The molecule has 0 radical (unpaired) electrons. The third-order valence-electron chi connectivity index (χ3n) is 2.18. The summed E-state index contributed by atoms with van der Waals surface area (Å²) in [6.07, 6.45) is 4.99. The maximum atomic E-state index is 5.66. The van der Waals surface area contributed by atoms with Crippen LogP contribution in [0, 0.1) is 0 Å². The van der Waals surface area contributed by atoms with E-state index in [0.29, 0.717) is 12.2 Å². The Hall–Kier alpha value is -0.0800. The van der Waals surface area contributed by atoms with Gasteiger partial charge in [0.15, 0.2) is 0 Å². The number of ether oxygens (including phenoxy) is 1. The van der Waals surface area contributed by atoms with Crippen molar-refractivity contribution in [2.24, 2.45) is 0 Å². The smallest absolute Gasteiger partial charge is 0.0703 e. The third kappa shape index (κ3) is 1.10. The first-order valence-corrected chi connectivity index (χ1v) is 3.81. The molecule has 9 heavy (non-hydrogen) atoms. The van der Waals surface area contributed by atoms with Crippen LogP contribution >= 0.6 is 0 Å². The Morgan fingerprint density at radius 3 is 2.33 bits per heavy atom. The molecule has 2 rings (SSSR count). The maximum Gasteiger partial charge on any atom is 0.0703 e. The van der Waals surface area contributed by atoms with Crippen LogP contribution in [-0.4, -0.2) is 25.3 Å². The van der Waals surface area contributed by atoms with Crippen LogP contribution in [0.5, 0.6) is 0 Å². The van der Waals surface area contributed by atoms with Gasteiger partial charge in [-0.25, -0.2) is 0 Å². The molecule has 2 heteroatoms. The van der Waals surface area contributed by atoms with Crippen LogP contribution in [0.1, 0.15) is 19.3 Å². The predicted molar refractivity (Wildman–Crippen MR) is 35.4 cm³/mol. The average Bonchev–Trinajstić information content (AvgIpc) is 1.88. The lowest BCUT2D eigenvalue weighted by molar-refractivity contribution is -0.0705. The van der Waals surface area contributed by atoms with Crippen molar-refractivity contribution in [2.75, 3.05) is 13.1 Å². The van der Waals surface area contributed by atoms with Crippen molar-refractivity contribution in [3.05, 3.63) is 0 Å². The summed E-state index contributed by atoms with van der Waals surface area (Å²) >= 11 is 0. The number of fused-ring (bicyclic) bond motifs is 2. The molecule has 2 bridgehead atoms. The summed E-state index contributed by atoms with van der Waals surface area (Å²) in [5.41, 5.74) is 0. The van der Waals surface area contributed by atoms with E-state index < -0.39 is 0 Å². The van der Waals surface area contributed by atoms with E-state index in [1.54, 1.807) is 0 Å². The highest BCUT2D eigenvalue weighted by Crippen LogP contribution is 2.20. The van der Waals surface area contributed by atoms with Gasteiger partial charge in [0, 0.05) is 13.1 Å². The van der Waals surface area contributed by atoms with Crippen LogP contribution in [0.4, 0.5) is 0 Å². The van der Waals surface area contributed by atoms with E-state index in [1.807, 2.05) is 0 Å². The molecule has 0 amide bonds. The second-order valence-electron chi connectivity index (χ2n) is 2.97. The number of rotatable bonds is 0. The van der Waals surface area contributed by atoms with Crippen molar-refractivity contribution in [3.63, 3.8) is 0 Å². The van der Waals surface area contributed by atoms with Crippen LogP contribution in [0.25, 0.3) is 0 Å². The Balaban J connectivity index is 1.96. The van der Waals surface area contributed by atoms with Crippen molar-refractivity contribution in [3.8, 4) is 0 Å². The van der Waals surface area contributed by atoms with Gasteiger partial charge in [0.25, 0.3) is 0 Å². The van der Waals surface area contributed by atoms with Gasteiger partial charge in [0.05, 0.1) is 12.2 Å². The molecule has 0 saturated carbocycles. The van der Waals surface area contributed by atoms with E-state index in [0.717, 1.165) is 13.1 Å². The normalized spacial score (nSPS) is 42.7. The van der Waals surface area contributed by atoms with E-state index >= 15 is 0 Å². The molecule has 1 N–H and O–H groups in total. The van der Waals surface area contributed by atoms with Gasteiger partial charge < -0.3 is 10.1 Å². The molecule has 2 aliphatic rings. The van der Waals surface area contributed by atoms with Crippen molar-refractivity contribution < 1.29 is 4.74 Å². The molecule has 0 aliphatic carbocycles. The minimum atomic E-state index is 0.539. The lowest BCUT2D eigenvalue weighted by Crippen LogP contribution is -2.47. The summed E-state index contributed by atoms with van der Waals surface area (Å²) < 4.78 is 5.66. The van der Waals surface area contributed by atoms with Crippen molar-refractivity contribution in [1.29, 1.82) is 0 Å². The first-order chi connectivity index (χ1) is 4.45. The van der Waals surface area contributed by atoms with E-state index in [2.05, 4.69) is 5.32 Å². The van der Waals surface area contributed by atoms with Gasteiger partial charge in [-0.05, 0) is 19.3 Å². The largest absolute Gasteiger partial charge is 0.372 e. The second-order valence-corrected chi connectivity index (χ2v) is 2.97. The number of nitrogens with one attached hydrogen (secondary N) is 1. The summed E-state index contributed by atoms with van der Waals surface area (Å²) in [6.45, 7) is 2.16. The minimum absolute atomic E-state index is 0.539. The summed E-state index contributed by atoms with van der Waals surface area (Å²) in [4.78, 5) is 0. The quantitative estimate of drug-likeness (QED) is 0.512.